The van der Waals surface area contributed by atoms with Crippen molar-refractivity contribution in [3.05, 3.63) is 76.1 Å². The molecular formula is C20H21N3O2. The molecule has 5 nitrogen and oxygen atoms in total. The Morgan fingerprint density at radius 1 is 1.00 bits per heavy atom. The maximum absolute atomic E-state index is 12.4. The van der Waals surface area contributed by atoms with E-state index in [2.05, 4.69) is 17.2 Å². The summed E-state index contributed by atoms with van der Waals surface area (Å²) in [6, 6.07) is 13.8. The van der Waals surface area contributed by atoms with E-state index in [0.717, 1.165) is 22.4 Å². The zero-order valence-electron chi connectivity index (χ0n) is 14.9. The molecule has 0 N–H and O–H groups in total. The topological polar surface area (TPSA) is 57.0 Å². The molecule has 0 amide bonds. The Hall–Kier alpha value is -2.95. The number of aryl methyl sites for hydroxylation is 3. The van der Waals surface area contributed by atoms with E-state index in [1.165, 1.54) is 5.56 Å². The first-order chi connectivity index (χ1) is 12.0. The van der Waals surface area contributed by atoms with E-state index < -0.39 is 5.97 Å². The van der Waals surface area contributed by atoms with Crippen molar-refractivity contribution in [1.29, 1.82) is 0 Å². The van der Waals surface area contributed by atoms with Gasteiger partial charge in [-0.3, -0.25) is 0 Å². The number of carbonyl (C=O) groups is 1. The summed E-state index contributed by atoms with van der Waals surface area (Å²) >= 11 is 0. The third kappa shape index (κ3) is 3.45. The van der Waals surface area contributed by atoms with Gasteiger partial charge in [0.15, 0.2) is 5.69 Å². The third-order valence-electron chi connectivity index (χ3n) is 4.44. The summed E-state index contributed by atoms with van der Waals surface area (Å²) < 4.78 is 7.08. The summed E-state index contributed by atoms with van der Waals surface area (Å²) in [5.74, 6) is -0.462. The van der Waals surface area contributed by atoms with Gasteiger partial charge >= 0.3 is 5.97 Å². The molecule has 0 saturated heterocycles. The van der Waals surface area contributed by atoms with Crippen LogP contribution in [0.5, 0.6) is 0 Å². The fourth-order valence-corrected chi connectivity index (χ4v) is 2.60. The second kappa shape index (κ2) is 6.89. The highest BCUT2D eigenvalue weighted by Gasteiger charge is 2.19. The Morgan fingerprint density at radius 2 is 1.76 bits per heavy atom. The van der Waals surface area contributed by atoms with Gasteiger partial charge in [0, 0.05) is 0 Å². The number of ether oxygens (including phenoxy) is 1. The molecule has 1 aromatic heterocycles. The zero-order valence-corrected chi connectivity index (χ0v) is 14.9. The Morgan fingerprint density at radius 3 is 2.48 bits per heavy atom. The van der Waals surface area contributed by atoms with Crippen LogP contribution in [0.25, 0.3) is 5.69 Å². The van der Waals surface area contributed by atoms with Crippen molar-refractivity contribution >= 4 is 5.97 Å². The summed E-state index contributed by atoms with van der Waals surface area (Å²) in [6.45, 7) is 8.13. The average molecular weight is 335 g/mol. The predicted octanol–water partition coefficient (Wildman–Crippen LogP) is 3.86. The summed E-state index contributed by atoms with van der Waals surface area (Å²) in [4.78, 5) is 12.4. The molecule has 0 bridgehead atoms. The lowest BCUT2D eigenvalue weighted by Crippen LogP contribution is -2.09. The maximum Gasteiger partial charge on any atom is 0.361 e. The molecule has 0 fully saturated rings. The fraction of sp³-hybridized carbons (Fsp3) is 0.250. The van der Waals surface area contributed by atoms with Crippen molar-refractivity contribution in [2.24, 2.45) is 0 Å². The SMILES string of the molecule is Cc1ccc(-n2nnc(C(=O)OCc3ccccc3C)c2C)cc1C. The second-order valence-corrected chi connectivity index (χ2v) is 6.21. The van der Waals surface area contributed by atoms with Gasteiger partial charge in [0.05, 0.1) is 11.4 Å². The van der Waals surface area contributed by atoms with E-state index in [9.17, 15) is 4.79 Å². The van der Waals surface area contributed by atoms with Gasteiger partial charge in [-0.2, -0.15) is 0 Å². The van der Waals surface area contributed by atoms with Crippen molar-refractivity contribution in [2.75, 3.05) is 0 Å². The second-order valence-electron chi connectivity index (χ2n) is 6.21. The van der Waals surface area contributed by atoms with Gasteiger partial charge in [0.1, 0.15) is 6.61 Å². The van der Waals surface area contributed by atoms with Crippen LogP contribution < -0.4 is 0 Å². The van der Waals surface area contributed by atoms with E-state index in [1.807, 2.05) is 63.2 Å². The largest absolute Gasteiger partial charge is 0.456 e. The minimum absolute atomic E-state index is 0.224. The standard InChI is InChI=1S/C20H21N3O2/c1-13-9-10-18(11-15(13)3)23-16(4)19(21-22-23)20(24)25-12-17-8-6-5-7-14(17)2/h5-11H,12H2,1-4H3. The van der Waals surface area contributed by atoms with Crippen LogP contribution in [-0.4, -0.2) is 21.0 Å². The van der Waals surface area contributed by atoms with E-state index in [-0.39, 0.29) is 12.3 Å². The Bertz CT molecular complexity index is 928. The molecule has 25 heavy (non-hydrogen) atoms. The van der Waals surface area contributed by atoms with E-state index in [1.54, 1.807) is 4.68 Å². The normalized spacial score (nSPS) is 10.7. The highest BCUT2D eigenvalue weighted by atomic mass is 16.5. The molecule has 0 spiro atoms. The van der Waals surface area contributed by atoms with E-state index in [0.29, 0.717) is 5.69 Å². The quantitative estimate of drug-likeness (QED) is 0.679. The van der Waals surface area contributed by atoms with Crippen molar-refractivity contribution in [3.8, 4) is 5.69 Å². The molecule has 128 valence electrons. The first kappa shape index (κ1) is 16.9. The number of aromatic nitrogens is 3. The number of hydrogen-bond acceptors (Lipinski definition) is 4. The van der Waals surface area contributed by atoms with Gasteiger partial charge in [0.2, 0.25) is 0 Å². The van der Waals surface area contributed by atoms with Crippen LogP contribution in [0.3, 0.4) is 0 Å². The lowest BCUT2D eigenvalue weighted by Gasteiger charge is -2.08. The Kier molecular flexibility index (Phi) is 4.65. The zero-order chi connectivity index (χ0) is 18.0. The lowest BCUT2D eigenvalue weighted by molar-refractivity contribution is 0.0464. The number of esters is 1. The fourth-order valence-electron chi connectivity index (χ4n) is 2.60. The van der Waals surface area contributed by atoms with Crippen LogP contribution in [-0.2, 0) is 11.3 Å². The molecule has 3 rings (SSSR count). The summed E-state index contributed by atoms with van der Waals surface area (Å²) in [7, 11) is 0. The van der Waals surface area contributed by atoms with Gasteiger partial charge in [0.25, 0.3) is 0 Å². The number of benzene rings is 2. The molecular weight excluding hydrogens is 314 g/mol. The van der Waals surface area contributed by atoms with E-state index in [4.69, 9.17) is 4.74 Å². The molecule has 3 aromatic rings. The summed E-state index contributed by atoms with van der Waals surface area (Å²) in [5, 5.41) is 8.13. The smallest absolute Gasteiger partial charge is 0.361 e. The van der Waals surface area contributed by atoms with Crippen molar-refractivity contribution in [2.45, 2.75) is 34.3 Å². The maximum atomic E-state index is 12.4. The third-order valence-corrected chi connectivity index (χ3v) is 4.44. The average Bonchev–Trinajstić information content (AvgIpc) is 2.98. The van der Waals surface area contributed by atoms with Crippen LogP contribution >= 0.6 is 0 Å². The number of carbonyl (C=O) groups excluding carboxylic acids is 1. The number of nitrogens with zero attached hydrogens (tertiary/aromatic N) is 3. The molecule has 0 aliphatic heterocycles. The first-order valence-corrected chi connectivity index (χ1v) is 8.19. The molecule has 1 heterocycles. The van der Waals surface area contributed by atoms with Crippen LogP contribution in [0.15, 0.2) is 42.5 Å². The van der Waals surface area contributed by atoms with Crippen LogP contribution in [0, 0.1) is 27.7 Å². The minimum atomic E-state index is -0.462. The van der Waals surface area contributed by atoms with Crippen LogP contribution in [0.1, 0.15) is 38.4 Å². The van der Waals surface area contributed by atoms with Crippen LogP contribution in [0.2, 0.25) is 0 Å². The lowest BCUT2D eigenvalue weighted by atomic mass is 10.1. The molecule has 0 saturated carbocycles. The monoisotopic (exact) mass is 335 g/mol. The molecule has 0 aliphatic carbocycles. The molecule has 0 atom stereocenters. The Balaban J connectivity index is 1.79. The number of hydrogen-bond donors (Lipinski definition) is 0. The van der Waals surface area contributed by atoms with Crippen LogP contribution in [0.4, 0.5) is 0 Å². The van der Waals surface area contributed by atoms with Gasteiger partial charge in [-0.1, -0.05) is 35.5 Å². The van der Waals surface area contributed by atoms with Gasteiger partial charge in [-0.05, 0) is 62.1 Å². The summed E-state index contributed by atoms with van der Waals surface area (Å²) in [6.07, 6.45) is 0. The van der Waals surface area contributed by atoms with Gasteiger partial charge in [-0.15, -0.1) is 5.10 Å². The van der Waals surface area contributed by atoms with Gasteiger partial charge in [-0.25, -0.2) is 9.48 Å². The minimum Gasteiger partial charge on any atom is -0.456 e. The first-order valence-electron chi connectivity index (χ1n) is 8.19. The van der Waals surface area contributed by atoms with E-state index >= 15 is 0 Å². The molecule has 0 unspecified atom stereocenters. The predicted molar refractivity (Wildman–Crippen MR) is 95.9 cm³/mol. The van der Waals surface area contributed by atoms with Gasteiger partial charge < -0.3 is 4.74 Å². The highest BCUT2D eigenvalue weighted by molar-refractivity contribution is 5.88. The Labute approximate surface area is 147 Å². The molecule has 5 heteroatoms. The number of rotatable bonds is 4. The highest BCUT2D eigenvalue weighted by Crippen LogP contribution is 2.17. The molecule has 0 aliphatic rings. The molecule has 0 radical (unpaired) electrons. The van der Waals surface area contributed by atoms with Crippen molar-refractivity contribution in [3.63, 3.8) is 0 Å². The molecule has 2 aromatic carbocycles. The summed E-state index contributed by atoms with van der Waals surface area (Å²) in [5.41, 5.74) is 6.23. The van der Waals surface area contributed by atoms with Crippen molar-refractivity contribution < 1.29 is 9.53 Å². The van der Waals surface area contributed by atoms with Crippen molar-refractivity contribution in [1.82, 2.24) is 15.0 Å².